The van der Waals surface area contributed by atoms with Gasteiger partial charge in [-0.1, -0.05) is 17.7 Å². The molecule has 0 fully saturated rings. The summed E-state index contributed by atoms with van der Waals surface area (Å²) in [5.41, 5.74) is 3.98. The fraction of sp³-hybridized carbons (Fsp3) is 0.238. The molecule has 0 amide bonds. The SMILES string of the molecule is CCOc1cc(C=C(C#N)c2nc3ccc(C)cc3[nH]2)cc(Cl)c1OCC. The van der Waals surface area contributed by atoms with Crippen molar-refractivity contribution in [3.8, 4) is 17.6 Å². The van der Waals surface area contributed by atoms with Gasteiger partial charge in [-0.2, -0.15) is 5.26 Å². The average molecular weight is 382 g/mol. The quantitative estimate of drug-likeness (QED) is 0.581. The number of nitrogens with zero attached hydrogens (tertiary/aromatic N) is 2. The molecule has 0 bridgehead atoms. The molecule has 6 heteroatoms. The van der Waals surface area contributed by atoms with Gasteiger partial charge < -0.3 is 14.5 Å². The summed E-state index contributed by atoms with van der Waals surface area (Å²) in [7, 11) is 0. The Morgan fingerprint density at radius 3 is 2.70 bits per heavy atom. The summed E-state index contributed by atoms with van der Waals surface area (Å²) in [6.07, 6.45) is 1.73. The number of nitrogens with one attached hydrogen (secondary N) is 1. The topological polar surface area (TPSA) is 70.9 Å². The lowest BCUT2D eigenvalue weighted by atomic mass is 10.1. The van der Waals surface area contributed by atoms with E-state index in [1.165, 1.54) is 0 Å². The second-order valence-corrected chi connectivity index (χ2v) is 6.38. The fourth-order valence-corrected chi connectivity index (χ4v) is 3.06. The highest BCUT2D eigenvalue weighted by Gasteiger charge is 2.13. The highest BCUT2D eigenvalue weighted by Crippen LogP contribution is 2.37. The van der Waals surface area contributed by atoms with Crippen molar-refractivity contribution in [1.29, 1.82) is 5.26 Å². The first-order valence-electron chi connectivity index (χ1n) is 8.73. The predicted octanol–water partition coefficient (Wildman–Crippen LogP) is 5.39. The summed E-state index contributed by atoms with van der Waals surface area (Å²) in [6, 6.07) is 11.7. The van der Waals surface area contributed by atoms with Crippen LogP contribution in [0.15, 0.2) is 30.3 Å². The minimum Gasteiger partial charge on any atom is -0.490 e. The van der Waals surface area contributed by atoms with E-state index in [4.69, 9.17) is 21.1 Å². The van der Waals surface area contributed by atoms with Crippen LogP contribution in [0.25, 0.3) is 22.7 Å². The van der Waals surface area contributed by atoms with Gasteiger partial charge in [-0.15, -0.1) is 0 Å². The lowest BCUT2D eigenvalue weighted by Gasteiger charge is -2.13. The van der Waals surface area contributed by atoms with Crippen LogP contribution in [0.3, 0.4) is 0 Å². The Hall–Kier alpha value is -2.97. The van der Waals surface area contributed by atoms with Crippen LogP contribution < -0.4 is 9.47 Å². The first-order valence-corrected chi connectivity index (χ1v) is 9.11. The number of imidazole rings is 1. The summed E-state index contributed by atoms with van der Waals surface area (Å²) in [6.45, 7) is 6.76. The second-order valence-electron chi connectivity index (χ2n) is 5.97. The molecule has 0 aliphatic carbocycles. The zero-order valence-electron chi connectivity index (χ0n) is 15.5. The van der Waals surface area contributed by atoms with Crippen molar-refractivity contribution >= 4 is 34.3 Å². The molecular formula is C21H20ClN3O2. The first-order chi connectivity index (χ1) is 13.0. The van der Waals surface area contributed by atoms with E-state index in [-0.39, 0.29) is 0 Å². The van der Waals surface area contributed by atoms with Crippen molar-refractivity contribution in [2.45, 2.75) is 20.8 Å². The van der Waals surface area contributed by atoms with Crippen LogP contribution in [0.4, 0.5) is 0 Å². The number of benzene rings is 2. The molecule has 0 atom stereocenters. The molecule has 3 rings (SSSR count). The molecule has 0 radical (unpaired) electrons. The maximum atomic E-state index is 9.63. The van der Waals surface area contributed by atoms with Gasteiger partial charge in [-0.25, -0.2) is 4.98 Å². The van der Waals surface area contributed by atoms with Crippen molar-refractivity contribution in [3.63, 3.8) is 0 Å². The zero-order chi connectivity index (χ0) is 19.4. The van der Waals surface area contributed by atoms with Crippen molar-refractivity contribution in [2.75, 3.05) is 13.2 Å². The first kappa shape index (κ1) is 18.8. The molecule has 5 nitrogen and oxygen atoms in total. The number of allylic oxidation sites excluding steroid dienone is 1. The Kier molecular flexibility index (Phi) is 5.68. The van der Waals surface area contributed by atoms with Gasteiger partial charge in [0.1, 0.15) is 11.9 Å². The van der Waals surface area contributed by atoms with Crippen molar-refractivity contribution in [1.82, 2.24) is 9.97 Å². The number of rotatable bonds is 6. The number of nitriles is 1. The molecule has 1 N–H and O–H groups in total. The Balaban J connectivity index is 2.05. The molecular weight excluding hydrogens is 362 g/mol. The van der Waals surface area contributed by atoms with Crippen molar-refractivity contribution in [2.24, 2.45) is 0 Å². The van der Waals surface area contributed by atoms with Gasteiger partial charge in [0, 0.05) is 0 Å². The Bertz CT molecular complexity index is 1050. The number of aromatic amines is 1. The average Bonchev–Trinajstić information content (AvgIpc) is 3.05. The largest absolute Gasteiger partial charge is 0.490 e. The molecule has 27 heavy (non-hydrogen) atoms. The van der Waals surface area contributed by atoms with E-state index in [0.29, 0.717) is 41.1 Å². The second kappa shape index (κ2) is 8.15. The van der Waals surface area contributed by atoms with Crippen LogP contribution >= 0.6 is 11.6 Å². The number of H-pyrrole nitrogens is 1. The maximum absolute atomic E-state index is 9.63. The van der Waals surface area contributed by atoms with Gasteiger partial charge in [0.25, 0.3) is 0 Å². The predicted molar refractivity (Wildman–Crippen MR) is 108 cm³/mol. The minimum absolute atomic E-state index is 0.409. The number of fused-ring (bicyclic) bond motifs is 1. The van der Waals surface area contributed by atoms with E-state index in [2.05, 4.69) is 16.0 Å². The van der Waals surface area contributed by atoms with Gasteiger partial charge in [0.15, 0.2) is 11.5 Å². The molecule has 1 aromatic heterocycles. The van der Waals surface area contributed by atoms with E-state index in [0.717, 1.165) is 22.2 Å². The molecule has 0 unspecified atom stereocenters. The van der Waals surface area contributed by atoms with E-state index in [1.54, 1.807) is 12.1 Å². The van der Waals surface area contributed by atoms with Crippen LogP contribution in [0.2, 0.25) is 5.02 Å². The molecule has 2 aromatic carbocycles. The van der Waals surface area contributed by atoms with Gasteiger partial charge in [-0.3, -0.25) is 0 Å². The van der Waals surface area contributed by atoms with E-state index in [1.807, 2.05) is 45.0 Å². The molecule has 0 spiro atoms. The summed E-state index contributed by atoms with van der Waals surface area (Å²) in [5.74, 6) is 1.58. The van der Waals surface area contributed by atoms with Crippen LogP contribution in [0.5, 0.6) is 11.5 Å². The van der Waals surface area contributed by atoms with Crippen LogP contribution in [-0.4, -0.2) is 23.2 Å². The van der Waals surface area contributed by atoms with E-state index >= 15 is 0 Å². The normalized spacial score (nSPS) is 11.4. The standard InChI is InChI=1S/C21H20ClN3O2/c1-4-26-19-11-14(10-16(22)20(19)27-5-2)9-15(12-23)21-24-17-7-6-13(3)8-18(17)25-21/h6-11H,4-5H2,1-3H3,(H,24,25). The van der Waals surface area contributed by atoms with Gasteiger partial charge in [0.05, 0.1) is 34.8 Å². The smallest absolute Gasteiger partial charge is 0.179 e. The molecule has 138 valence electrons. The Labute approximate surface area is 163 Å². The number of ether oxygens (including phenoxy) is 2. The van der Waals surface area contributed by atoms with Gasteiger partial charge >= 0.3 is 0 Å². The maximum Gasteiger partial charge on any atom is 0.179 e. The third kappa shape index (κ3) is 4.07. The van der Waals surface area contributed by atoms with E-state index < -0.39 is 0 Å². The molecule has 0 aliphatic heterocycles. The highest BCUT2D eigenvalue weighted by molar-refractivity contribution is 6.32. The number of aryl methyl sites for hydroxylation is 1. The lowest BCUT2D eigenvalue weighted by Crippen LogP contribution is -1.99. The van der Waals surface area contributed by atoms with Crippen molar-refractivity contribution in [3.05, 3.63) is 52.3 Å². The third-order valence-corrected chi connectivity index (χ3v) is 4.23. The van der Waals surface area contributed by atoms with Crippen LogP contribution in [0, 0.1) is 18.3 Å². The number of aromatic nitrogens is 2. The summed E-state index contributed by atoms with van der Waals surface area (Å²) in [4.78, 5) is 7.72. The fourth-order valence-electron chi connectivity index (χ4n) is 2.79. The molecule has 0 saturated heterocycles. The number of hydrogen-bond acceptors (Lipinski definition) is 4. The summed E-state index contributed by atoms with van der Waals surface area (Å²) >= 11 is 6.36. The monoisotopic (exact) mass is 381 g/mol. The third-order valence-electron chi connectivity index (χ3n) is 3.94. The van der Waals surface area contributed by atoms with Crippen LogP contribution in [-0.2, 0) is 0 Å². The molecule has 0 saturated carbocycles. The van der Waals surface area contributed by atoms with Crippen molar-refractivity contribution < 1.29 is 9.47 Å². The summed E-state index contributed by atoms with van der Waals surface area (Å²) in [5, 5.41) is 10.1. The Morgan fingerprint density at radius 1 is 1.22 bits per heavy atom. The zero-order valence-corrected chi connectivity index (χ0v) is 16.2. The van der Waals surface area contributed by atoms with E-state index in [9.17, 15) is 5.26 Å². The number of hydrogen-bond donors (Lipinski definition) is 1. The van der Waals surface area contributed by atoms with Crippen LogP contribution in [0.1, 0.15) is 30.8 Å². The van der Waals surface area contributed by atoms with Gasteiger partial charge in [-0.05, 0) is 62.2 Å². The Morgan fingerprint density at radius 2 is 2.00 bits per heavy atom. The molecule has 1 heterocycles. The minimum atomic E-state index is 0.409. The van der Waals surface area contributed by atoms with Gasteiger partial charge in [0.2, 0.25) is 0 Å². The highest BCUT2D eigenvalue weighted by atomic mass is 35.5. The molecule has 0 aliphatic rings. The summed E-state index contributed by atoms with van der Waals surface area (Å²) < 4.78 is 11.2. The lowest BCUT2D eigenvalue weighted by molar-refractivity contribution is 0.288. The molecule has 3 aromatic rings. The number of halogens is 1.